The highest BCUT2D eigenvalue weighted by molar-refractivity contribution is 7.99. The maximum absolute atomic E-state index is 14.2. The molecule has 0 radical (unpaired) electrons. The van der Waals surface area contributed by atoms with Crippen LogP contribution in [-0.4, -0.2) is 60.9 Å². The van der Waals surface area contributed by atoms with Gasteiger partial charge < -0.3 is 29.2 Å². The fourth-order valence-electron chi connectivity index (χ4n) is 4.58. The van der Waals surface area contributed by atoms with Crippen molar-refractivity contribution >= 4 is 29.3 Å². The molecule has 2 amide bonds. The van der Waals surface area contributed by atoms with Gasteiger partial charge in [0.1, 0.15) is 29.0 Å². The van der Waals surface area contributed by atoms with Crippen LogP contribution in [0.15, 0.2) is 78.0 Å². The van der Waals surface area contributed by atoms with E-state index in [0.717, 1.165) is 17.0 Å². The van der Waals surface area contributed by atoms with Gasteiger partial charge in [-0.25, -0.2) is 9.97 Å². The van der Waals surface area contributed by atoms with Crippen LogP contribution in [0, 0.1) is 13.8 Å². The second-order valence-corrected chi connectivity index (χ2v) is 10.8. The molecule has 44 heavy (non-hydrogen) atoms. The fraction of sp³-hybridized carbons (Fsp3) is 0.273. The molecular formula is C33H36N4O6S. The van der Waals surface area contributed by atoms with Crippen molar-refractivity contribution in [3.63, 3.8) is 0 Å². The van der Waals surface area contributed by atoms with E-state index in [1.807, 2.05) is 44.2 Å². The molecule has 0 spiro atoms. The van der Waals surface area contributed by atoms with Crippen LogP contribution >= 0.6 is 11.8 Å². The minimum Gasteiger partial charge on any atom is -0.497 e. The maximum atomic E-state index is 14.2. The van der Waals surface area contributed by atoms with Crippen LogP contribution in [0.25, 0.3) is 0 Å². The highest BCUT2D eigenvalue weighted by atomic mass is 32.2. The largest absolute Gasteiger partial charge is 0.497 e. The minimum atomic E-state index is -1.01. The number of ether oxygens (including phenoxy) is 4. The number of nitrogens with zero attached hydrogens (tertiary/aromatic N) is 3. The van der Waals surface area contributed by atoms with E-state index in [1.165, 1.54) is 18.9 Å². The number of aromatic nitrogens is 2. The Morgan fingerprint density at radius 2 is 1.34 bits per heavy atom. The van der Waals surface area contributed by atoms with Crippen molar-refractivity contribution in [1.29, 1.82) is 0 Å². The molecule has 10 nitrogen and oxygen atoms in total. The van der Waals surface area contributed by atoms with Gasteiger partial charge in [-0.05, 0) is 67.4 Å². The number of anilines is 1. The molecule has 1 atom stereocenters. The number of methoxy groups -OCH3 is 4. The van der Waals surface area contributed by atoms with Gasteiger partial charge in [-0.15, -0.1) is 0 Å². The number of benzene rings is 3. The van der Waals surface area contributed by atoms with Crippen molar-refractivity contribution in [2.75, 3.05) is 39.5 Å². The summed E-state index contributed by atoms with van der Waals surface area (Å²) in [5, 5.41) is 3.47. The summed E-state index contributed by atoms with van der Waals surface area (Å²) >= 11 is 1.23. The number of hydrogen-bond donors (Lipinski definition) is 1. The van der Waals surface area contributed by atoms with Crippen LogP contribution in [0.4, 0.5) is 5.69 Å². The summed E-state index contributed by atoms with van der Waals surface area (Å²) in [6.07, 6.45) is 0. The van der Waals surface area contributed by atoms with Crippen molar-refractivity contribution in [3.05, 3.63) is 95.3 Å². The lowest BCUT2D eigenvalue weighted by molar-refractivity contribution is -0.137. The summed E-state index contributed by atoms with van der Waals surface area (Å²) in [5.74, 6) is 1.63. The Balaban J connectivity index is 1.74. The van der Waals surface area contributed by atoms with Gasteiger partial charge in [0.2, 0.25) is 5.91 Å². The highest BCUT2D eigenvalue weighted by Gasteiger charge is 2.32. The number of rotatable bonds is 13. The van der Waals surface area contributed by atoms with E-state index in [0.29, 0.717) is 39.4 Å². The molecule has 0 fully saturated rings. The van der Waals surface area contributed by atoms with E-state index in [4.69, 9.17) is 18.9 Å². The van der Waals surface area contributed by atoms with Gasteiger partial charge in [-0.3, -0.25) is 9.59 Å². The van der Waals surface area contributed by atoms with E-state index in [1.54, 1.807) is 68.7 Å². The van der Waals surface area contributed by atoms with Crippen LogP contribution in [0.5, 0.6) is 23.0 Å². The zero-order valence-corrected chi connectivity index (χ0v) is 26.4. The summed E-state index contributed by atoms with van der Waals surface area (Å²) in [6, 6.07) is 20.4. The van der Waals surface area contributed by atoms with Crippen molar-refractivity contribution < 1.29 is 28.5 Å². The van der Waals surface area contributed by atoms with Crippen LogP contribution in [-0.2, 0) is 16.1 Å². The molecule has 230 valence electrons. The Morgan fingerprint density at radius 1 is 0.773 bits per heavy atom. The lowest BCUT2D eigenvalue weighted by Gasteiger charge is -2.32. The molecule has 11 heteroatoms. The molecule has 4 aromatic rings. The third-order valence-electron chi connectivity index (χ3n) is 6.78. The van der Waals surface area contributed by atoms with Crippen LogP contribution in [0.3, 0.4) is 0 Å². The standard InChI is InChI=1S/C33H36N4O6S/c1-21-17-22(2)35-33(34-21)44-20-30(38)37(19-23-7-11-25(40-3)12-8-23)31(24-9-13-26(41-4)14-10-24)32(39)36-28-16-15-27(42-5)18-29(28)43-6/h7-18,31H,19-20H2,1-6H3,(H,36,39). The van der Waals surface area contributed by atoms with Gasteiger partial charge in [0.15, 0.2) is 5.16 Å². The minimum absolute atomic E-state index is 0.0187. The van der Waals surface area contributed by atoms with Gasteiger partial charge in [0.25, 0.3) is 5.91 Å². The summed E-state index contributed by atoms with van der Waals surface area (Å²) in [7, 11) is 6.23. The predicted octanol–water partition coefficient (Wildman–Crippen LogP) is 5.63. The molecule has 1 N–H and O–H groups in total. The molecule has 0 saturated heterocycles. The predicted molar refractivity (Wildman–Crippen MR) is 170 cm³/mol. The first kappa shape index (κ1) is 32.2. The molecule has 0 aliphatic rings. The molecule has 1 unspecified atom stereocenters. The number of carbonyl (C=O) groups excluding carboxylic acids is 2. The van der Waals surface area contributed by atoms with E-state index >= 15 is 0 Å². The second kappa shape index (κ2) is 15.1. The smallest absolute Gasteiger partial charge is 0.251 e. The zero-order valence-electron chi connectivity index (χ0n) is 25.6. The first-order chi connectivity index (χ1) is 21.2. The highest BCUT2D eigenvalue weighted by Crippen LogP contribution is 2.33. The first-order valence-electron chi connectivity index (χ1n) is 13.8. The van der Waals surface area contributed by atoms with Crippen LogP contribution in [0.1, 0.15) is 28.6 Å². The topological polar surface area (TPSA) is 112 Å². The molecule has 1 aromatic heterocycles. The van der Waals surface area contributed by atoms with E-state index in [9.17, 15) is 9.59 Å². The van der Waals surface area contributed by atoms with Crippen molar-refractivity contribution in [2.45, 2.75) is 31.6 Å². The maximum Gasteiger partial charge on any atom is 0.251 e. The normalized spacial score (nSPS) is 11.3. The zero-order chi connectivity index (χ0) is 31.6. The van der Waals surface area contributed by atoms with Gasteiger partial charge >= 0.3 is 0 Å². The van der Waals surface area contributed by atoms with E-state index in [2.05, 4.69) is 15.3 Å². The molecule has 3 aromatic carbocycles. The van der Waals surface area contributed by atoms with E-state index < -0.39 is 11.9 Å². The Kier molecular flexibility index (Phi) is 11.0. The lowest BCUT2D eigenvalue weighted by atomic mass is 10.0. The third-order valence-corrected chi connectivity index (χ3v) is 7.61. The number of thioether (sulfide) groups is 1. The number of carbonyl (C=O) groups is 2. The first-order valence-corrected chi connectivity index (χ1v) is 14.8. The summed E-state index contributed by atoms with van der Waals surface area (Å²) < 4.78 is 21.5. The van der Waals surface area contributed by atoms with Crippen molar-refractivity contribution in [1.82, 2.24) is 14.9 Å². The molecule has 4 rings (SSSR count). The average molecular weight is 617 g/mol. The number of amides is 2. The number of nitrogens with one attached hydrogen (secondary N) is 1. The molecule has 0 bridgehead atoms. The monoisotopic (exact) mass is 616 g/mol. The van der Waals surface area contributed by atoms with Gasteiger partial charge in [0, 0.05) is 24.0 Å². The average Bonchev–Trinajstić information content (AvgIpc) is 3.03. The SMILES string of the molecule is COc1ccc(CN(C(=O)CSc2nc(C)cc(C)n2)C(C(=O)Nc2ccc(OC)cc2OC)c2ccc(OC)cc2)cc1. The fourth-order valence-corrected chi connectivity index (χ4v) is 5.42. The number of aryl methyl sites for hydroxylation is 2. The van der Waals surface area contributed by atoms with E-state index in [-0.39, 0.29) is 18.2 Å². The Bertz CT molecular complexity index is 1560. The Labute approximate surface area is 261 Å². The molecule has 1 heterocycles. The molecule has 0 aliphatic carbocycles. The summed E-state index contributed by atoms with van der Waals surface area (Å²) in [5.41, 5.74) is 3.48. The van der Waals surface area contributed by atoms with Gasteiger partial charge in [0.05, 0.1) is 39.9 Å². The molecular weight excluding hydrogens is 580 g/mol. The summed E-state index contributed by atoms with van der Waals surface area (Å²) in [6.45, 7) is 3.92. The second-order valence-electron chi connectivity index (χ2n) is 9.82. The van der Waals surface area contributed by atoms with Gasteiger partial charge in [-0.1, -0.05) is 36.0 Å². The number of hydrogen-bond acceptors (Lipinski definition) is 9. The van der Waals surface area contributed by atoms with Crippen LogP contribution in [0.2, 0.25) is 0 Å². The Hall–Kier alpha value is -4.77. The van der Waals surface area contributed by atoms with Crippen molar-refractivity contribution in [3.8, 4) is 23.0 Å². The lowest BCUT2D eigenvalue weighted by Crippen LogP contribution is -2.41. The third kappa shape index (κ3) is 8.19. The van der Waals surface area contributed by atoms with Crippen molar-refractivity contribution in [2.24, 2.45) is 0 Å². The van der Waals surface area contributed by atoms with Crippen LogP contribution < -0.4 is 24.3 Å². The quantitative estimate of drug-likeness (QED) is 0.151. The Morgan fingerprint density at radius 3 is 1.91 bits per heavy atom. The molecule has 0 aliphatic heterocycles. The van der Waals surface area contributed by atoms with Gasteiger partial charge in [-0.2, -0.15) is 0 Å². The molecule has 0 saturated carbocycles. The summed E-state index contributed by atoms with van der Waals surface area (Å²) in [4.78, 5) is 38.8.